The van der Waals surface area contributed by atoms with Crippen molar-refractivity contribution in [2.75, 3.05) is 20.6 Å². The van der Waals surface area contributed by atoms with Gasteiger partial charge in [0, 0.05) is 26.6 Å². The zero-order chi connectivity index (χ0) is 14.3. The van der Waals surface area contributed by atoms with E-state index in [-0.39, 0.29) is 5.91 Å². The highest BCUT2D eigenvalue weighted by molar-refractivity contribution is 5.76. The van der Waals surface area contributed by atoms with E-state index in [9.17, 15) is 4.79 Å². The quantitative estimate of drug-likeness (QED) is 0.818. The summed E-state index contributed by atoms with van der Waals surface area (Å²) in [6.45, 7) is 5.87. The molecule has 3 heteroatoms. The lowest BCUT2D eigenvalue weighted by Crippen LogP contribution is -2.28. The Morgan fingerprint density at radius 2 is 1.79 bits per heavy atom. The number of carbonyl (C=O) groups excluding carboxylic acids is 1. The van der Waals surface area contributed by atoms with Gasteiger partial charge in [-0.05, 0) is 30.5 Å². The predicted molar refractivity (Wildman–Crippen MR) is 80.0 cm³/mol. The minimum atomic E-state index is 0.181. The molecule has 3 nitrogen and oxygen atoms in total. The van der Waals surface area contributed by atoms with Crippen LogP contribution in [0.5, 0.6) is 0 Å². The van der Waals surface area contributed by atoms with Crippen molar-refractivity contribution in [2.24, 2.45) is 5.92 Å². The van der Waals surface area contributed by atoms with Gasteiger partial charge in [0.25, 0.3) is 0 Å². The molecule has 1 aromatic rings. The number of nitrogens with one attached hydrogen (secondary N) is 1. The molecule has 0 aromatic heterocycles. The molecule has 1 rings (SSSR count). The third kappa shape index (κ3) is 5.88. The minimum Gasteiger partial charge on any atom is -0.341 e. The molecule has 0 saturated carbocycles. The van der Waals surface area contributed by atoms with Gasteiger partial charge in [-0.3, -0.25) is 4.79 Å². The first-order valence-electron chi connectivity index (χ1n) is 6.99. The topological polar surface area (TPSA) is 32.3 Å². The van der Waals surface area contributed by atoms with Crippen LogP contribution in [-0.4, -0.2) is 31.4 Å². The van der Waals surface area contributed by atoms with Crippen LogP contribution >= 0.6 is 0 Å². The fraction of sp³-hybridized carbons (Fsp3) is 0.562. The summed E-state index contributed by atoms with van der Waals surface area (Å²) in [6, 6.07) is 8.58. The van der Waals surface area contributed by atoms with E-state index in [4.69, 9.17) is 0 Å². The van der Waals surface area contributed by atoms with E-state index in [1.807, 2.05) is 14.1 Å². The number of rotatable bonds is 7. The second kappa shape index (κ2) is 7.95. The number of carbonyl (C=O) groups is 1. The maximum absolute atomic E-state index is 11.8. The zero-order valence-corrected chi connectivity index (χ0v) is 12.6. The highest BCUT2D eigenvalue weighted by atomic mass is 16.2. The fourth-order valence-electron chi connectivity index (χ4n) is 2.04. The molecule has 106 valence electrons. The Morgan fingerprint density at radius 1 is 1.21 bits per heavy atom. The van der Waals surface area contributed by atoms with Crippen molar-refractivity contribution in [1.29, 1.82) is 0 Å². The molecule has 0 aliphatic carbocycles. The summed E-state index contributed by atoms with van der Waals surface area (Å²) in [5, 5.41) is 3.00. The molecule has 0 fully saturated rings. The summed E-state index contributed by atoms with van der Waals surface area (Å²) >= 11 is 0. The Kier molecular flexibility index (Phi) is 6.57. The molecule has 0 aliphatic rings. The summed E-state index contributed by atoms with van der Waals surface area (Å²) in [5.41, 5.74) is 2.55. The standard InChI is InChI=1S/C16H26N2O/c1-13(2)11-14-5-7-15(8-6-14)12-18(4)16(19)9-10-17-3/h5-8,13,17H,9-12H2,1-4H3. The molecule has 0 spiro atoms. The molecule has 0 unspecified atom stereocenters. The van der Waals surface area contributed by atoms with E-state index in [1.54, 1.807) is 4.90 Å². The van der Waals surface area contributed by atoms with E-state index >= 15 is 0 Å². The molecule has 1 N–H and O–H groups in total. The van der Waals surface area contributed by atoms with Crippen molar-refractivity contribution < 1.29 is 4.79 Å². The maximum Gasteiger partial charge on any atom is 0.223 e. The van der Waals surface area contributed by atoms with Crippen LogP contribution < -0.4 is 5.32 Å². The molecule has 0 atom stereocenters. The van der Waals surface area contributed by atoms with Gasteiger partial charge in [-0.15, -0.1) is 0 Å². The molecule has 0 radical (unpaired) electrons. The van der Waals surface area contributed by atoms with E-state index in [1.165, 1.54) is 11.1 Å². The summed E-state index contributed by atoms with van der Waals surface area (Å²) in [5.74, 6) is 0.859. The first kappa shape index (κ1) is 15.7. The molecule has 1 aromatic carbocycles. The van der Waals surface area contributed by atoms with Crippen molar-refractivity contribution in [3.8, 4) is 0 Å². The van der Waals surface area contributed by atoms with Crippen LogP contribution in [0.3, 0.4) is 0 Å². The normalized spacial score (nSPS) is 10.8. The van der Waals surface area contributed by atoms with Crippen molar-refractivity contribution in [3.63, 3.8) is 0 Å². The van der Waals surface area contributed by atoms with Crippen LogP contribution in [0.2, 0.25) is 0 Å². The van der Waals surface area contributed by atoms with Crippen LogP contribution in [0.1, 0.15) is 31.4 Å². The third-order valence-electron chi connectivity index (χ3n) is 3.10. The second-order valence-corrected chi connectivity index (χ2v) is 5.52. The number of hydrogen-bond acceptors (Lipinski definition) is 2. The molecule has 0 saturated heterocycles. The van der Waals surface area contributed by atoms with Gasteiger partial charge in [0.15, 0.2) is 0 Å². The predicted octanol–water partition coefficient (Wildman–Crippen LogP) is 2.45. The molecule has 0 bridgehead atoms. The largest absolute Gasteiger partial charge is 0.341 e. The molecule has 0 heterocycles. The smallest absolute Gasteiger partial charge is 0.223 e. The summed E-state index contributed by atoms with van der Waals surface area (Å²) in [6.07, 6.45) is 1.66. The highest BCUT2D eigenvalue weighted by Gasteiger charge is 2.08. The van der Waals surface area contributed by atoms with Gasteiger partial charge in [-0.25, -0.2) is 0 Å². The molecule has 19 heavy (non-hydrogen) atoms. The zero-order valence-electron chi connectivity index (χ0n) is 12.6. The van der Waals surface area contributed by atoms with Crippen LogP contribution in [0, 0.1) is 5.92 Å². The van der Waals surface area contributed by atoms with Crippen molar-refractivity contribution in [3.05, 3.63) is 35.4 Å². The third-order valence-corrected chi connectivity index (χ3v) is 3.10. The Hall–Kier alpha value is -1.35. The van der Waals surface area contributed by atoms with Crippen LogP contribution in [0.15, 0.2) is 24.3 Å². The average molecular weight is 262 g/mol. The van der Waals surface area contributed by atoms with Gasteiger partial charge in [-0.1, -0.05) is 38.1 Å². The van der Waals surface area contributed by atoms with E-state index in [2.05, 4.69) is 43.4 Å². The molecular weight excluding hydrogens is 236 g/mol. The lowest BCUT2D eigenvalue weighted by atomic mass is 10.0. The Balaban J connectivity index is 2.50. The van der Waals surface area contributed by atoms with E-state index in [0.29, 0.717) is 18.9 Å². The molecular formula is C16H26N2O. The summed E-state index contributed by atoms with van der Waals surface area (Å²) in [4.78, 5) is 13.6. The molecule has 1 amide bonds. The van der Waals surface area contributed by atoms with Gasteiger partial charge >= 0.3 is 0 Å². The first-order chi connectivity index (χ1) is 9.02. The number of hydrogen-bond donors (Lipinski definition) is 1. The lowest BCUT2D eigenvalue weighted by molar-refractivity contribution is -0.130. The van der Waals surface area contributed by atoms with Crippen LogP contribution in [-0.2, 0) is 17.8 Å². The Bertz CT molecular complexity index is 384. The van der Waals surface area contributed by atoms with Gasteiger partial charge < -0.3 is 10.2 Å². The highest BCUT2D eigenvalue weighted by Crippen LogP contribution is 2.11. The number of amides is 1. The number of nitrogens with zero attached hydrogens (tertiary/aromatic N) is 1. The monoisotopic (exact) mass is 262 g/mol. The van der Waals surface area contributed by atoms with Crippen molar-refractivity contribution in [2.45, 2.75) is 33.2 Å². The van der Waals surface area contributed by atoms with Crippen LogP contribution in [0.25, 0.3) is 0 Å². The maximum atomic E-state index is 11.8. The summed E-state index contributed by atoms with van der Waals surface area (Å²) in [7, 11) is 3.72. The fourth-order valence-corrected chi connectivity index (χ4v) is 2.04. The average Bonchev–Trinajstić information content (AvgIpc) is 2.37. The van der Waals surface area contributed by atoms with Crippen molar-refractivity contribution >= 4 is 5.91 Å². The number of benzene rings is 1. The summed E-state index contributed by atoms with van der Waals surface area (Å²) < 4.78 is 0. The van der Waals surface area contributed by atoms with E-state index in [0.717, 1.165) is 13.0 Å². The van der Waals surface area contributed by atoms with Gasteiger partial charge in [0.1, 0.15) is 0 Å². The SMILES string of the molecule is CNCCC(=O)N(C)Cc1ccc(CC(C)C)cc1. The first-order valence-corrected chi connectivity index (χ1v) is 6.99. The van der Waals surface area contributed by atoms with Gasteiger partial charge in [-0.2, -0.15) is 0 Å². The van der Waals surface area contributed by atoms with Crippen molar-refractivity contribution in [1.82, 2.24) is 10.2 Å². The van der Waals surface area contributed by atoms with Gasteiger partial charge in [0.05, 0.1) is 0 Å². The minimum absolute atomic E-state index is 0.181. The van der Waals surface area contributed by atoms with Gasteiger partial charge in [0.2, 0.25) is 5.91 Å². The Labute approximate surface area is 117 Å². The second-order valence-electron chi connectivity index (χ2n) is 5.52. The molecule has 0 aliphatic heterocycles. The van der Waals surface area contributed by atoms with Crippen LogP contribution in [0.4, 0.5) is 0 Å². The Morgan fingerprint density at radius 3 is 2.32 bits per heavy atom. The van der Waals surface area contributed by atoms with E-state index < -0.39 is 0 Å². The lowest BCUT2D eigenvalue weighted by Gasteiger charge is -2.17.